The Bertz CT molecular complexity index is 163. The highest BCUT2D eigenvalue weighted by molar-refractivity contribution is 9.09. The highest BCUT2D eigenvalue weighted by atomic mass is 79.9. The predicted octanol–water partition coefficient (Wildman–Crippen LogP) is 4.10. The van der Waals surface area contributed by atoms with Gasteiger partial charge in [-0.15, -0.1) is 0 Å². The van der Waals surface area contributed by atoms with E-state index in [1.165, 1.54) is 19.5 Å². The molecule has 0 rings (SSSR count). The van der Waals surface area contributed by atoms with Gasteiger partial charge in [-0.05, 0) is 24.5 Å². The van der Waals surface area contributed by atoms with Gasteiger partial charge in [0.2, 0.25) is 0 Å². The first kappa shape index (κ1) is 14.7. The summed E-state index contributed by atoms with van der Waals surface area (Å²) >= 11 is 3.51. The first-order valence-electron chi connectivity index (χ1n) is 5.58. The second-order valence-corrected chi connectivity index (χ2v) is 11.5. The average Bonchev–Trinajstić information content (AvgIpc) is 2.03. The Labute approximate surface area is 99.5 Å². The molecule has 1 nitrogen and oxygen atoms in total. The van der Waals surface area contributed by atoms with Crippen LogP contribution in [0.25, 0.3) is 0 Å². The lowest BCUT2D eigenvalue weighted by Gasteiger charge is -2.45. The van der Waals surface area contributed by atoms with Crippen LogP contribution in [0.5, 0.6) is 0 Å². The summed E-state index contributed by atoms with van der Waals surface area (Å²) in [5.41, 5.74) is 0. The number of rotatable bonds is 5. The third kappa shape index (κ3) is 3.67. The van der Waals surface area contributed by atoms with Crippen molar-refractivity contribution in [3.8, 4) is 0 Å². The molecule has 0 aromatic carbocycles. The van der Waals surface area contributed by atoms with Crippen LogP contribution in [-0.4, -0.2) is 31.2 Å². The Morgan fingerprint density at radius 1 is 1.21 bits per heavy atom. The van der Waals surface area contributed by atoms with E-state index < -0.39 is 8.24 Å². The van der Waals surface area contributed by atoms with Crippen LogP contribution in [0.2, 0.25) is 18.1 Å². The number of halogens is 1. The van der Waals surface area contributed by atoms with Crippen LogP contribution in [-0.2, 0) is 0 Å². The molecule has 0 aliphatic heterocycles. The summed E-state index contributed by atoms with van der Waals surface area (Å²) in [6.45, 7) is 16.9. The number of hydrogen-bond donors (Lipinski definition) is 0. The fraction of sp³-hybridized carbons (Fsp3) is 1.00. The molecule has 0 fully saturated rings. The first-order valence-corrected chi connectivity index (χ1v) is 9.65. The summed E-state index contributed by atoms with van der Waals surface area (Å²) < 4.78 is 2.72. The molecule has 0 saturated carbocycles. The molecule has 0 amide bonds. The minimum atomic E-state index is -1.26. The molecule has 3 heteroatoms. The monoisotopic (exact) mass is 279 g/mol. The van der Waals surface area contributed by atoms with Gasteiger partial charge in [0.05, 0.1) is 0 Å². The van der Waals surface area contributed by atoms with Crippen molar-refractivity contribution in [2.75, 3.05) is 18.4 Å². The second kappa shape index (κ2) is 5.66. The molecular formula is C11H26BrNSi. The zero-order chi connectivity index (χ0) is 11.4. The molecule has 0 bridgehead atoms. The molecule has 0 aromatic rings. The standard InChI is InChI=1S/C11H26BrNSi/c1-7-13(10-8-9-12)14(5,6)11(2,3)4/h7-10H2,1-6H3. The van der Waals surface area contributed by atoms with Gasteiger partial charge in [-0.3, -0.25) is 0 Å². The molecule has 0 radical (unpaired) electrons. The molecular weight excluding hydrogens is 254 g/mol. The van der Waals surface area contributed by atoms with E-state index in [0.29, 0.717) is 5.04 Å². The van der Waals surface area contributed by atoms with Crippen LogP contribution in [0.1, 0.15) is 34.1 Å². The van der Waals surface area contributed by atoms with Gasteiger partial charge >= 0.3 is 0 Å². The van der Waals surface area contributed by atoms with E-state index in [9.17, 15) is 0 Å². The highest BCUT2D eigenvalue weighted by Crippen LogP contribution is 2.38. The Kier molecular flexibility index (Phi) is 5.93. The molecule has 0 unspecified atom stereocenters. The molecule has 0 saturated heterocycles. The topological polar surface area (TPSA) is 3.24 Å². The van der Waals surface area contributed by atoms with Gasteiger partial charge in [-0.1, -0.05) is 56.7 Å². The molecule has 0 spiro atoms. The summed E-state index contributed by atoms with van der Waals surface area (Å²) in [5.74, 6) is 0. The molecule has 0 N–H and O–H groups in total. The summed E-state index contributed by atoms with van der Waals surface area (Å²) in [6.07, 6.45) is 1.26. The fourth-order valence-electron chi connectivity index (χ4n) is 1.56. The van der Waals surface area contributed by atoms with Crippen molar-refractivity contribution in [1.82, 2.24) is 4.57 Å². The van der Waals surface area contributed by atoms with E-state index >= 15 is 0 Å². The Hall–Kier alpha value is 0.657. The third-order valence-electron chi connectivity index (χ3n) is 3.57. The molecule has 0 aromatic heterocycles. The van der Waals surface area contributed by atoms with E-state index in [-0.39, 0.29) is 0 Å². The van der Waals surface area contributed by atoms with Crippen molar-refractivity contribution < 1.29 is 0 Å². The van der Waals surface area contributed by atoms with Crippen molar-refractivity contribution in [2.24, 2.45) is 0 Å². The lowest BCUT2D eigenvalue weighted by molar-refractivity contribution is 0.417. The van der Waals surface area contributed by atoms with Gasteiger partial charge in [-0.25, -0.2) is 0 Å². The molecule has 0 aliphatic carbocycles. The zero-order valence-corrected chi connectivity index (χ0v) is 13.2. The third-order valence-corrected chi connectivity index (χ3v) is 9.92. The SMILES string of the molecule is CCN(CCCBr)[Si](C)(C)C(C)(C)C. The van der Waals surface area contributed by atoms with Gasteiger partial charge in [0, 0.05) is 5.33 Å². The lowest BCUT2D eigenvalue weighted by Crippen LogP contribution is -2.55. The normalized spacial score (nSPS) is 13.7. The Morgan fingerprint density at radius 2 is 1.71 bits per heavy atom. The minimum absolute atomic E-state index is 0.468. The smallest absolute Gasteiger partial charge is 0.127 e. The second-order valence-electron chi connectivity index (χ2n) is 5.43. The molecule has 0 atom stereocenters. The number of alkyl halides is 1. The van der Waals surface area contributed by atoms with Crippen LogP contribution in [0, 0.1) is 0 Å². The quantitative estimate of drug-likeness (QED) is 0.541. The maximum absolute atomic E-state index is 3.51. The molecule has 0 aliphatic rings. The van der Waals surface area contributed by atoms with Crippen molar-refractivity contribution in [1.29, 1.82) is 0 Å². The van der Waals surface area contributed by atoms with Crippen molar-refractivity contribution in [2.45, 2.75) is 52.2 Å². The maximum Gasteiger partial charge on any atom is 0.127 e. The van der Waals surface area contributed by atoms with Crippen LogP contribution < -0.4 is 0 Å². The predicted molar refractivity (Wildman–Crippen MR) is 72.9 cm³/mol. The maximum atomic E-state index is 3.51. The largest absolute Gasteiger partial charge is 0.324 e. The van der Waals surface area contributed by atoms with Gasteiger partial charge in [0.15, 0.2) is 0 Å². The summed E-state index contributed by atoms with van der Waals surface area (Å²) in [4.78, 5) is 0. The summed E-state index contributed by atoms with van der Waals surface area (Å²) in [7, 11) is -1.26. The number of hydrogen-bond acceptors (Lipinski definition) is 1. The molecule has 0 heterocycles. The Morgan fingerprint density at radius 3 is 2.00 bits per heavy atom. The van der Waals surface area contributed by atoms with Crippen LogP contribution in [0.15, 0.2) is 0 Å². The lowest BCUT2D eigenvalue weighted by atomic mass is 10.2. The van der Waals surface area contributed by atoms with E-state index in [1.807, 2.05) is 0 Å². The zero-order valence-electron chi connectivity index (χ0n) is 10.7. The minimum Gasteiger partial charge on any atom is -0.324 e. The van der Waals surface area contributed by atoms with Gasteiger partial charge in [-0.2, -0.15) is 0 Å². The van der Waals surface area contributed by atoms with Crippen LogP contribution >= 0.6 is 15.9 Å². The van der Waals surface area contributed by atoms with Gasteiger partial charge in [0.1, 0.15) is 8.24 Å². The van der Waals surface area contributed by atoms with Crippen molar-refractivity contribution >= 4 is 24.2 Å². The van der Waals surface area contributed by atoms with Gasteiger partial charge < -0.3 is 4.57 Å². The van der Waals surface area contributed by atoms with E-state index in [4.69, 9.17) is 0 Å². The van der Waals surface area contributed by atoms with E-state index in [2.05, 4.69) is 61.3 Å². The van der Waals surface area contributed by atoms with Crippen LogP contribution in [0.4, 0.5) is 0 Å². The summed E-state index contributed by atoms with van der Waals surface area (Å²) in [5, 5.41) is 1.59. The van der Waals surface area contributed by atoms with E-state index in [0.717, 1.165) is 5.33 Å². The summed E-state index contributed by atoms with van der Waals surface area (Å²) in [6, 6.07) is 0. The van der Waals surface area contributed by atoms with Crippen molar-refractivity contribution in [3.63, 3.8) is 0 Å². The molecule has 14 heavy (non-hydrogen) atoms. The van der Waals surface area contributed by atoms with Crippen LogP contribution in [0.3, 0.4) is 0 Å². The van der Waals surface area contributed by atoms with Crippen molar-refractivity contribution in [3.05, 3.63) is 0 Å². The fourth-order valence-corrected chi connectivity index (χ4v) is 4.27. The van der Waals surface area contributed by atoms with Gasteiger partial charge in [0.25, 0.3) is 0 Å². The molecule has 86 valence electrons. The highest BCUT2D eigenvalue weighted by Gasteiger charge is 2.39. The number of nitrogens with zero attached hydrogens (tertiary/aromatic N) is 1. The first-order chi connectivity index (χ1) is 6.27. The van der Waals surface area contributed by atoms with E-state index in [1.54, 1.807) is 0 Å². The average molecular weight is 280 g/mol. The Balaban J connectivity index is 4.49.